The molecular formula is C13H19N3O4S. The van der Waals surface area contributed by atoms with E-state index in [9.17, 15) is 9.59 Å². The van der Waals surface area contributed by atoms with Crippen LogP contribution in [0.5, 0.6) is 0 Å². The Morgan fingerprint density at radius 3 is 2.52 bits per heavy atom. The number of aromatic nitrogens is 2. The number of nitrogens with zero attached hydrogens (tertiary/aromatic N) is 2. The molecule has 1 unspecified atom stereocenters. The van der Waals surface area contributed by atoms with Gasteiger partial charge in [0.05, 0.1) is 5.75 Å². The molecule has 0 aliphatic carbocycles. The number of ether oxygens (including phenoxy) is 1. The van der Waals surface area contributed by atoms with Gasteiger partial charge in [-0.3, -0.25) is 0 Å². The van der Waals surface area contributed by atoms with Crippen LogP contribution in [-0.4, -0.2) is 44.5 Å². The number of thioether (sulfide) groups is 1. The van der Waals surface area contributed by atoms with Crippen molar-refractivity contribution < 1.29 is 19.4 Å². The van der Waals surface area contributed by atoms with Crippen LogP contribution < -0.4 is 5.32 Å². The molecule has 0 spiro atoms. The third-order valence-electron chi connectivity index (χ3n) is 2.12. The molecule has 8 heteroatoms. The van der Waals surface area contributed by atoms with Crippen LogP contribution in [0.15, 0.2) is 18.5 Å². The zero-order valence-corrected chi connectivity index (χ0v) is 13.0. The summed E-state index contributed by atoms with van der Waals surface area (Å²) < 4.78 is 5.04. The summed E-state index contributed by atoms with van der Waals surface area (Å²) in [5.41, 5.74) is -0.668. The molecule has 1 amide bonds. The van der Waals surface area contributed by atoms with Gasteiger partial charge in [-0.05, 0) is 26.8 Å². The highest BCUT2D eigenvalue weighted by molar-refractivity contribution is 7.98. The van der Waals surface area contributed by atoms with E-state index in [1.807, 2.05) is 0 Å². The Morgan fingerprint density at radius 1 is 1.38 bits per heavy atom. The minimum atomic E-state index is -1.11. The van der Waals surface area contributed by atoms with Gasteiger partial charge in [-0.25, -0.2) is 19.6 Å². The highest BCUT2D eigenvalue weighted by Crippen LogP contribution is 2.11. The van der Waals surface area contributed by atoms with Crippen LogP contribution in [0.1, 0.15) is 26.6 Å². The molecule has 116 valence electrons. The lowest BCUT2D eigenvalue weighted by atomic mass is 10.2. The largest absolute Gasteiger partial charge is 0.480 e. The summed E-state index contributed by atoms with van der Waals surface area (Å²) >= 11 is 1.33. The van der Waals surface area contributed by atoms with Crippen molar-refractivity contribution in [3.63, 3.8) is 0 Å². The van der Waals surface area contributed by atoms with Gasteiger partial charge in [0.2, 0.25) is 0 Å². The van der Waals surface area contributed by atoms with Crippen molar-refractivity contribution in [2.75, 3.05) is 5.75 Å². The maximum Gasteiger partial charge on any atom is 0.408 e. The zero-order chi connectivity index (χ0) is 15.9. The van der Waals surface area contributed by atoms with Crippen molar-refractivity contribution in [3.05, 3.63) is 24.3 Å². The Kier molecular flexibility index (Phi) is 6.41. The van der Waals surface area contributed by atoms with Gasteiger partial charge >= 0.3 is 12.1 Å². The quantitative estimate of drug-likeness (QED) is 0.824. The van der Waals surface area contributed by atoms with E-state index in [1.165, 1.54) is 11.8 Å². The highest BCUT2D eigenvalue weighted by atomic mass is 32.2. The van der Waals surface area contributed by atoms with Gasteiger partial charge in [0.15, 0.2) is 0 Å². The van der Waals surface area contributed by atoms with Crippen molar-refractivity contribution in [2.24, 2.45) is 0 Å². The first-order valence-corrected chi connectivity index (χ1v) is 7.49. The van der Waals surface area contributed by atoms with Gasteiger partial charge in [0.1, 0.15) is 17.5 Å². The van der Waals surface area contributed by atoms with Crippen LogP contribution >= 0.6 is 11.8 Å². The third kappa shape index (κ3) is 7.50. The number of carboxylic acids is 1. The van der Waals surface area contributed by atoms with Crippen LogP contribution in [0.25, 0.3) is 0 Å². The van der Waals surface area contributed by atoms with Crippen LogP contribution in [0.4, 0.5) is 4.79 Å². The SMILES string of the molecule is CC(C)(C)OC(=O)NC(CSCc1ncccn1)C(=O)O. The number of carboxylic acid groups (broad SMARTS) is 1. The molecule has 0 radical (unpaired) electrons. The van der Waals surface area contributed by atoms with E-state index in [-0.39, 0.29) is 5.75 Å². The summed E-state index contributed by atoms with van der Waals surface area (Å²) in [6, 6.07) is 0.687. The van der Waals surface area contributed by atoms with Gasteiger partial charge in [0.25, 0.3) is 0 Å². The van der Waals surface area contributed by atoms with E-state index in [4.69, 9.17) is 9.84 Å². The highest BCUT2D eigenvalue weighted by Gasteiger charge is 2.23. The van der Waals surface area contributed by atoms with Crippen molar-refractivity contribution in [1.29, 1.82) is 0 Å². The number of hydrogen-bond acceptors (Lipinski definition) is 6. The summed E-state index contributed by atoms with van der Waals surface area (Å²) in [6.45, 7) is 5.14. The standard InChI is InChI=1S/C13H19N3O4S/c1-13(2,3)20-12(19)16-9(11(17)18)7-21-8-10-14-5-4-6-15-10/h4-6,9H,7-8H2,1-3H3,(H,16,19)(H,17,18). The second kappa shape index (κ2) is 7.82. The monoisotopic (exact) mass is 313 g/mol. The number of alkyl carbamates (subject to hydrolysis) is 1. The topological polar surface area (TPSA) is 101 Å². The van der Waals surface area contributed by atoms with Crippen LogP contribution in [-0.2, 0) is 15.3 Å². The number of carbonyl (C=O) groups is 2. The lowest BCUT2D eigenvalue weighted by molar-refractivity contribution is -0.138. The van der Waals surface area contributed by atoms with Crippen molar-refractivity contribution in [1.82, 2.24) is 15.3 Å². The predicted molar refractivity (Wildman–Crippen MR) is 79.0 cm³/mol. The fourth-order valence-corrected chi connectivity index (χ4v) is 2.21. The van der Waals surface area contributed by atoms with Crippen LogP contribution in [0.2, 0.25) is 0 Å². The van der Waals surface area contributed by atoms with Gasteiger partial charge in [-0.1, -0.05) is 0 Å². The molecule has 2 N–H and O–H groups in total. The number of aliphatic carboxylic acids is 1. The molecule has 1 atom stereocenters. The van der Waals surface area contributed by atoms with E-state index in [0.29, 0.717) is 11.6 Å². The lowest BCUT2D eigenvalue weighted by Gasteiger charge is -2.21. The number of carbonyl (C=O) groups excluding carboxylic acids is 1. The smallest absolute Gasteiger partial charge is 0.408 e. The molecule has 1 aromatic heterocycles. The molecule has 0 fully saturated rings. The summed E-state index contributed by atoms with van der Waals surface area (Å²) in [4.78, 5) is 30.8. The summed E-state index contributed by atoms with van der Waals surface area (Å²) in [5.74, 6) is 0.180. The fraction of sp³-hybridized carbons (Fsp3) is 0.538. The molecule has 1 heterocycles. The predicted octanol–water partition coefficient (Wildman–Crippen LogP) is 1.69. The second-order valence-corrected chi connectivity index (χ2v) is 6.25. The maximum absolute atomic E-state index is 11.6. The molecule has 0 saturated carbocycles. The minimum absolute atomic E-state index is 0.201. The van der Waals surface area contributed by atoms with Gasteiger partial charge < -0.3 is 15.2 Å². The minimum Gasteiger partial charge on any atom is -0.480 e. The molecule has 7 nitrogen and oxygen atoms in total. The van der Waals surface area contributed by atoms with Crippen molar-refractivity contribution >= 4 is 23.8 Å². The van der Waals surface area contributed by atoms with Gasteiger partial charge in [-0.2, -0.15) is 11.8 Å². The molecule has 0 aliphatic heterocycles. The number of amides is 1. The molecule has 0 aromatic carbocycles. The number of nitrogens with one attached hydrogen (secondary N) is 1. The number of rotatable bonds is 6. The van der Waals surface area contributed by atoms with E-state index in [1.54, 1.807) is 39.2 Å². The Bertz CT molecular complexity index is 476. The zero-order valence-electron chi connectivity index (χ0n) is 12.2. The fourth-order valence-electron chi connectivity index (χ4n) is 1.30. The third-order valence-corrected chi connectivity index (χ3v) is 3.16. The summed E-state index contributed by atoms with van der Waals surface area (Å²) in [6.07, 6.45) is 2.50. The number of hydrogen-bond donors (Lipinski definition) is 2. The summed E-state index contributed by atoms with van der Waals surface area (Å²) in [5, 5.41) is 11.4. The molecule has 0 saturated heterocycles. The Morgan fingerprint density at radius 2 is 2.00 bits per heavy atom. The average molecular weight is 313 g/mol. The first-order chi connectivity index (χ1) is 9.78. The van der Waals surface area contributed by atoms with E-state index in [2.05, 4.69) is 15.3 Å². The van der Waals surface area contributed by atoms with E-state index < -0.39 is 23.7 Å². The Balaban J connectivity index is 2.43. The van der Waals surface area contributed by atoms with Gasteiger partial charge in [-0.15, -0.1) is 0 Å². The van der Waals surface area contributed by atoms with E-state index in [0.717, 1.165) is 0 Å². The normalized spacial score (nSPS) is 12.5. The van der Waals surface area contributed by atoms with Crippen LogP contribution in [0.3, 0.4) is 0 Å². The Hall–Kier alpha value is -1.83. The van der Waals surface area contributed by atoms with Crippen molar-refractivity contribution in [2.45, 2.75) is 38.2 Å². The maximum atomic E-state index is 11.6. The molecule has 21 heavy (non-hydrogen) atoms. The molecule has 0 aliphatic rings. The van der Waals surface area contributed by atoms with Crippen LogP contribution in [0, 0.1) is 0 Å². The van der Waals surface area contributed by atoms with Gasteiger partial charge in [0, 0.05) is 18.1 Å². The first kappa shape index (κ1) is 17.2. The average Bonchev–Trinajstić information content (AvgIpc) is 2.36. The van der Waals surface area contributed by atoms with Crippen molar-refractivity contribution in [3.8, 4) is 0 Å². The van der Waals surface area contributed by atoms with E-state index >= 15 is 0 Å². The lowest BCUT2D eigenvalue weighted by Crippen LogP contribution is -2.44. The summed E-state index contributed by atoms with van der Waals surface area (Å²) in [7, 11) is 0. The first-order valence-electron chi connectivity index (χ1n) is 6.34. The molecule has 1 aromatic rings. The molecule has 1 rings (SSSR count). The Labute approximate surface area is 127 Å². The second-order valence-electron chi connectivity index (χ2n) is 5.22. The molecular weight excluding hydrogens is 294 g/mol. The molecule has 0 bridgehead atoms.